The van der Waals surface area contributed by atoms with Crippen LogP contribution in [0.1, 0.15) is 46.4 Å². The number of Topliss-reactive ketones (excluding diaryl/α,β-unsaturated/α-hetero) is 2. The highest BCUT2D eigenvalue weighted by Gasteiger charge is 2.33. The van der Waals surface area contributed by atoms with Crippen LogP contribution in [0.25, 0.3) is 0 Å². The highest BCUT2D eigenvalue weighted by Crippen LogP contribution is 2.36. The van der Waals surface area contributed by atoms with Gasteiger partial charge in [0.15, 0.2) is 11.6 Å². The number of phenols is 1. The van der Waals surface area contributed by atoms with Gasteiger partial charge in [0.25, 0.3) is 0 Å². The van der Waals surface area contributed by atoms with Gasteiger partial charge in [0.05, 0.1) is 0 Å². The summed E-state index contributed by atoms with van der Waals surface area (Å²) in [6.07, 6.45) is 3.34. The number of fused-ring (bicyclic) bond motifs is 1. The Bertz CT molecular complexity index is 567. The van der Waals surface area contributed by atoms with E-state index in [1.165, 1.54) is 12.1 Å². The second-order valence-corrected chi connectivity index (χ2v) is 4.55. The lowest BCUT2D eigenvalue weighted by atomic mass is 9.77. The molecule has 0 radical (unpaired) electrons. The fourth-order valence-electron chi connectivity index (χ4n) is 2.65. The summed E-state index contributed by atoms with van der Waals surface area (Å²) in [6, 6.07) is 4.40. The van der Waals surface area contributed by atoms with Crippen molar-refractivity contribution in [2.75, 3.05) is 0 Å². The number of aromatic hydroxyl groups is 1. The molecule has 0 spiro atoms. The van der Waals surface area contributed by atoms with Crippen LogP contribution in [-0.4, -0.2) is 16.7 Å². The van der Waals surface area contributed by atoms with Crippen molar-refractivity contribution in [3.63, 3.8) is 0 Å². The number of hydrogen-bond donors (Lipinski definition) is 1. The Balaban J connectivity index is 2.22. The van der Waals surface area contributed by atoms with Crippen molar-refractivity contribution < 1.29 is 14.7 Å². The van der Waals surface area contributed by atoms with Crippen molar-refractivity contribution in [2.24, 2.45) is 0 Å². The van der Waals surface area contributed by atoms with Gasteiger partial charge in [-0.15, -0.1) is 0 Å². The second-order valence-electron chi connectivity index (χ2n) is 4.55. The minimum absolute atomic E-state index is 0.0322. The van der Waals surface area contributed by atoms with Crippen LogP contribution in [0.5, 0.6) is 5.75 Å². The first-order valence-electron chi connectivity index (χ1n) is 5.83. The number of hydrogen-bond acceptors (Lipinski definition) is 3. The third kappa shape index (κ3) is 1.42. The molecule has 1 aromatic rings. The molecule has 3 heteroatoms. The molecule has 0 heterocycles. The molecule has 2 aliphatic rings. The first-order chi connectivity index (χ1) is 8.18. The SMILES string of the molecule is O=C1C2=C(CCCC2)C(=O)c2cc(O)ccc21. The van der Waals surface area contributed by atoms with E-state index in [-0.39, 0.29) is 17.3 Å². The van der Waals surface area contributed by atoms with E-state index < -0.39 is 0 Å². The Morgan fingerprint density at radius 3 is 2.12 bits per heavy atom. The Kier molecular flexibility index (Phi) is 2.15. The summed E-state index contributed by atoms with van der Waals surface area (Å²) in [4.78, 5) is 24.4. The van der Waals surface area contributed by atoms with Crippen molar-refractivity contribution >= 4 is 11.6 Å². The van der Waals surface area contributed by atoms with E-state index in [1.807, 2.05) is 0 Å². The summed E-state index contributed by atoms with van der Waals surface area (Å²) in [6.45, 7) is 0. The monoisotopic (exact) mass is 228 g/mol. The fraction of sp³-hybridized carbons (Fsp3) is 0.286. The summed E-state index contributed by atoms with van der Waals surface area (Å²) in [5.41, 5.74) is 2.16. The molecular weight excluding hydrogens is 216 g/mol. The average Bonchev–Trinajstić information content (AvgIpc) is 2.36. The highest BCUT2D eigenvalue weighted by molar-refractivity contribution is 6.27. The largest absolute Gasteiger partial charge is 0.508 e. The average molecular weight is 228 g/mol. The predicted octanol–water partition coefficient (Wildman–Crippen LogP) is 2.64. The topological polar surface area (TPSA) is 54.4 Å². The lowest BCUT2D eigenvalue weighted by Crippen LogP contribution is -2.24. The molecular formula is C14H12O3. The molecule has 1 aromatic carbocycles. The maximum Gasteiger partial charge on any atom is 0.190 e. The number of phenolic OH excluding ortho intramolecular Hbond substituents is 1. The Labute approximate surface area is 98.8 Å². The van der Waals surface area contributed by atoms with Gasteiger partial charge < -0.3 is 5.11 Å². The van der Waals surface area contributed by atoms with Gasteiger partial charge in [-0.25, -0.2) is 0 Å². The zero-order valence-corrected chi connectivity index (χ0v) is 9.32. The first-order valence-corrected chi connectivity index (χ1v) is 5.83. The lowest BCUT2D eigenvalue weighted by Gasteiger charge is -2.24. The first kappa shape index (κ1) is 10.3. The molecule has 2 aliphatic carbocycles. The lowest BCUT2D eigenvalue weighted by molar-refractivity contribution is 0.0964. The smallest absolute Gasteiger partial charge is 0.190 e. The van der Waals surface area contributed by atoms with E-state index >= 15 is 0 Å². The van der Waals surface area contributed by atoms with Crippen molar-refractivity contribution in [1.82, 2.24) is 0 Å². The van der Waals surface area contributed by atoms with Crippen LogP contribution in [0.3, 0.4) is 0 Å². The number of rotatable bonds is 0. The van der Waals surface area contributed by atoms with E-state index in [9.17, 15) is 14.7 Å². The molecule has 0 amide bonds. The Hall–Kier alpha value is -1.90. The van der Waals surface area contributed by atoms with Gasteiger partial charge in [-0.05, 0) is 43.9 Å². The summed E-state index contributed by atoms with van der Waals surface area (Å²) >= 11 is 0. The zero-order valence-electron chi connectivity index (χ0n) is 9.32. The summed E-state index contributed by atoms with van der Waals surface area (Å²) in [5, 5.41) is 9.41. The van der Waals surface area contributed by atoms with E-state index in [0.717, 1.165) is 12.8 Å². The second kappa shape index (κ2) is 3.55. The summed E-state index contributed by atoms with van der Waals surface area (Å²) in [7, 11) is 0. The minimum atomic E-state index is -0.0785. The van der Waals surface area contributed by atoms with Crippen LogP contribution in [0.2, 0.25) is 0 Å². The van der Waals surface area contributed by atoms with Crippen LogP contribution in [0.4, 0.5) is 0 Å². The maximum absolute atomic E-state index is 12.2. The Morgan fingerprint density at radius 1 is 0.882 bits per heavy atom. The standard InChI is InChI=1S/C14H12O3/c15-8-5-6-11-12(7-8)14(17)10-4-2-1-3-9(10)13(11)16/h5-7,15H,1-4H2. The van der Waals surface area contributed by atoms with E-state index in [2.05, 4.69) is 0 Å². The third-order valence-corrected chi connectivity index (χ3v) is 3.51. The number of allylic oxidation sites excluding steroid dienone is 2. The number of carbonyl (C=O) groups excluding carboxylic acids is 2. The van der Waals surface area contributed by atoms with E-state index in [1.54, 1.807) is 6.07 Å². The molecule has 3 nitrogen and oxygen atoms in total. The van der Waals surface area contributed by atoms with Gasteiger partial charge in [-0.2, -0.15) is 0 Å². The molecule has 0 aromatic heterocycles. The molecule has 0 fully saturated rings. The van der Waals surface area contributed by atoms with Crippen molar-refractivity contribution in [3.8, 4) is 5.75 Å². The van der Waals surface area contributed by atoms with Crippen LogP contribution >= 0.6 is 0 Å². The quantitative estimate of drug-likeness (QED) is 0.742. The zero-order chi connectivity index (χ0) is 12.0. The van der Waals surface area contributed by atoms with Gasteiger partial charge >= 0.3 is 0 Å². The van der Waals surface area contributed by atoms with Gasteiger partial charge in [0, 0.05) is 22.3 Å². The summed E-state index contributed by atoms with van der Waals surface area (Å²) < 4.78 is 0. The number of ketones is 2. The molecule has 0 saturated heterocycles. The molecule has 17 heavy (non-hydrogen) atoms. The van der Waals surface area contributed by atoms with Crippen molar-refractivity contribution in [2.45, 2.75) is 25.7 Å². The normalized spacial score (nSPS) is 19.1. The number of benzene rings is 1. The summed E-state index contributed by atoms with van der Waals surface area (Å²) in [5.74, 6) is -0.0794. The van der Waals surface area contributed by atoms with Gasteiger partial charge in [-0.1, -0.05) is 0 Å². The maximum atomic E-state index is 12.2. The minimum Gasteiger partial charge on any atom is -0.508 e. The molecule has 1 N–H and O–H groups in total. The van der Waals surface area contributed by atoms with Crippen LogP contribution in [-0.2, 0) is 0 Å². The molecule has 0 unspecified atom stereocenters. The van der Waals surface area contributed by atoms with Crippen molar-refractivity contribution in [3.05, 3.63) is 40.5 Å². The third-order valence-electron chi connectivity index (χ3n) is 3.51. The molecule has 0 bridgehead atoms. The molecule has 3 rings (SSSR count). The van der Waals surface area contributed by atoms with Crippen LogP contribution < -0.4 is 0 Å². The number of carbonyl (C=O) groups is 2. The van der Waals surface area contributed by atoms with Gasteiger partial charge in [-0.3, -0.25) is 9.59 Å². The van der Waals surface area contributed by atoms with E-state index in [4.69, 9.17) is 0 Å². The Morgan fingerprint density at radius 2 is 1.47 bits per heavy atom. The molecule has 0 aliphatic heterocycles. The van der Waals surface area contributed by atoms with Gasteiger partial charge in [0.2, 0.25) is 0 Å². The molecule has 86 valence electrons. The van der Waals surface area contributed by atoms with Gasteiger partial charge in [0.1, 0.15) is 5.75 Å². The van der Waals surface area contributed by atoms with E-state index in [0.29, 0.717) is 35.1 Å². The fourth-order valence-corrected chi connectivity index (χ4v) is 2.65. The van der Waals surface area contributed by atoms with Crippen LogP contribution in [0.15, 0.2) is 29.3 Å². The molecule has 0 saturated carbocycles. The molecule has 0 atom stereocenters. The highest BCUT2D eigenvalue weighted by atomic mass is 16.3. The van der Waals surface area contributed by atoms with Crippen molar-refractivity contribution in [1.29, 1.82) is 0 Å². The van der Waals surface area contributed by atoms with Crippen LogP contribution in [0, 0.1) is 0 Å². The predicted molar refractivity (Wildman–Crippen MR) is 62.3 cm³/mol.